The molecule has 1 aliphatic rings. The molecule has 1 aliphatic heterocycles. The smallest absolute Gasteiger partial charge is 0.180 e. The number of fused-ring (bicyclic) bond motifs is 1. The SMILES string of the molecule is Cc1cn2c(-c3cn[nH]c3)cnc2c(Nc2cnc(CN3CCOCC3)s2)n1. The molecule has 5 rings (SSSR count). The van der Waals surface area contributed by atoms with E-state index in [2.05, 4.69) is 35.4 Å². The second-order valence-electron chi connectivity index (χ2n) is 6.69. The van der Waals surface area contributed by atoms with E-state index in [-0.39, 0.29) is 0 Å². The van der Waals surface area contributed by atoms with Gasteiger partial charge in [0, 0.05) is 31.0 Å². The summed E-state index contributed by atoms with van der Waals surface area (Å²) in [6.07, 6.45) is 9.32. The molecule has 4 aromatic rings. The first-order valence-corrected chi connectivity index (χ1v) is 9.93. The van der Waals surface area contributed by atoms with E-state index >= 15 is 0 Å². The van der Waals surface area contributed by atoms with Crippen LogP contribution in [0.2, 0.25) is 0 Å². The van der Waals surface area contributed by atoms with Gasteiger partial charge >= 0.3 is 0 Å². The number of morpholine rings is 1. The molecular weight excluding hydrogens is 376 g/mol. The van der Waals surface area contributed by atoms with Gasteiger partial charge in [0.1, 0.15) is 10.0 Å². The van der Waals surface area contributed by atoms with Crippen molar-refractivity contribution in [3.63, 3.8) is 0 Å². The number of thiazole rings is 1. The molecular formula is C18H20N8OS. The molecule has 9 nitrogen and oxygen atoms in total. The van der Waals surface area contributed by atoms with Crippen LogP contribution in [0.5, 0.6) is 0 Å². The number of H-pyrrole nitrogens is 1. The predicted octanol–water partition coefficient (Wildman–Crippen LogP) is 2.46. The third-order valence-corrected chi connectivity index (χ3v) is 5.56. The fourth-order valence-electron chi connectivity index (χ4n) is 3.31. The van der Waals surface area contributed by atoms with Gasteiger partial charge in [-0.15, -0.1) is 0 Å². The molecule has 0 aliphatic carbocycles. The number of nitrogens with one attached hydrogen (secondary N) is 2. The zero-order valence-electron chi connectivity index (χ0n) is 15.4. The molecule has 28 heavy (non-hydrogen) atoms. The molecule has 5 heterocycles. The van der Waals surface area contributed by atoms with Crippen molar-refractivity contribution in [2.75, 3.05) is 31.6 Å². The van der Waals surface area contributed by atoms with Gasteiger partial charge in [-0.05, 0) is 6.92 Å². The van der Waals surface area contributed by atoms with Gasteiger partial charge in [-0.3, -0.25) is 14.4 Å². The van der Waals surface area contributed by atoms with Crippen LogP contribution >= 0.6 is 11.3 Å². The molecule has 2 N–H and O–H groups in total. The van der Waals surface area contributed by atoms with E-state index in [0.717, 1.165) is 71.3 Å². The summed E-state index contributed by atoms with van der Waals surface area (Å²) in [7, 11) is 0. The van der Waals surface area contributed by atoms with E-state index in [4.69, 9.17) is 4.74 Å². The number of aryl methyl sites for hydroxylation is 1. The second kappa shape index (κ2) is 7.30. The second-order valence-corrected chi connectivity index (χ2v) is 7.80. The summed E-state index contributed by atoms with van der Waals surface area (Å²) in [5.41, 5.74) is 3.62. The Balaban J connectivity index is 1.41. The Morgan fingerprint density at radius 3 is 2.93 bits per heavy atom. The molecule has 1 saturated heterocycles. The minimum absolute atomic E-state index is 0.719. The molecule has 0 atom stereocenters. The summed E-state index contributed by atoms with van der Waals surface area (Å²) in [5.74, 6) is 0.719. The van der Waals surface area contributed by atoms with E-state index in [1.54, 1.807) is 17.5 Å². The van der Waals surface area contributed by atoms with E-state index in [1.807, 2.05) is 36.1 Å². The third-order valence-electron chi connectivity index (χ3n) is 4.66. The molecule has 0 unspecified atom stereocenters. The van der Waals surface area contributed by atoms with Gasteiger partial charge in [-0.2, -0.15) is 5.10 Å². The highest BCUT2D eigenvalue weighted by Gasteiger charge is 2.15. The summed E-state index contributed by atoms with van der Waals surface area (Å²) in [4.78, 5) is 16.1. The van der Waals surface area contributed by atoms with Crippen LogP contribution in [0.1, 0.15) is 10.7 Å². The number of imidazole rings is 1. The molecule has 0 bridgehead atoms. The number of rotatable bonds is 5. The molecule has 144 valence electrons. The van der Waals surface area contributed by atoms with Crippen molar-refractivity contribution in [3.8, 4) is 11.3 Å². The molecule has 10 heteroatoms. The summed E-state index contributed by atoms with van der Waals surface area (Å²) in [6, 6.07) is 0. The third kappa shape index (κ3) is 3.37. The maximum Gasteiger partial charge on any atom is 0.180 e. The van der Waals surface area contributed by atoms with Gasteiger partial charge in [-0.1, -0.05) is 11.3 Å². The predicted molar refractivity (Wildman–Crippen MR) is 107 cm³/mol. The summed E-state index contributed by atoms with van der Waals surface area (Å²) in [6.45, 7) is 6.31. The van der Waals surface area contributed by atoms with E-state index in [0.29, 0.717) is 0 Å². The zero-order chi connectivity index (χ0) is 18.9. The van der Waals surface area contributed by atoms with E-state index in [9.17, 15) is 0 Å². The van der Waals surface area contributed by atoms with Gasteiger partial charge in [0.25, 0.3) is 0 Å². The van der Waals surface area contributed by atoms with Gasteiger partial charge < -0.3 is 10.1 Å². The molecule has 4 aromatic heterocycles. The molecule has 1 fully saturated rings. The molecule has 0 radical (unpaired) electrons. The minimum Gasteiger partial charge on any atom is -0.379 e. The monoisotopic (exact) mass is 396 g/mol. The van der Waals surface area contributed by atoms with Crippen LogP contribution in [-0.4, -0.2) is 60.8 Å². The van der Waals surface area contributed by atoms with Crippen LogP contribution in [-0.2, 0) is 11.3 Å². The Labute approximate surface area is 165 Å². The number of hydrogen-bond acceptors (Lipinski definition) is 8. The summed E-state index contributed by atoms with van der Waals surface area (Å²) < 4.78 is 7.44. The highest BCUT2D eigenvalue weighted by atomic mass is 32.1. The number of hydrogen-bond donors (Lipinski definition) is 2. The first kappa shape index (κ1) is 17.3. The normalized spacial score (nSPS) is 15.3. The Kier molecular flexibility index (Phi) is 4.51. The molecule has 0 saturated carbocycles. The van der Waals surface area contributed by atoms with Crippen LogP contribution in [0.4, 0.5) is 10.8 Å². The topological polar surface area (TPSA) is 96.3 Å². The van der Waals surface area contributed by atoms with Gasteiger partial charge in [0.15, 0.2) is 11.5 Å². The lowest BCUT2D eigenvalue weighted by molar-refractivity contribution is 0.0341. The maximum absolute atomic E-state index is 5.41. The minimum atomic E-state index is 0.719. The van der Waals surface area contributed by atoms with Crippen molar-refractivity contribution < 1.29 is 4.74 Å². The molecule has 0 aromatic carbocycles. The Morgan fingerprint density at radius 1 is 1.21 bits per heavy atom. The van der Waals surface area contributed by atoms with Crippen molar-refractivity contribution in [2.45, 2.75) is 13.5 Å². The lowest BCUT2D eigenvalue weighted by atomic mass is 10.3. The number of aromatic amines is 1. The fraction of sp³-hybridized carbons (Fsp3) is 0.333. The van der Waals surface area contributed by atoms with Gasteiger partial charge in [-0.25, -0.2) is 15.0 Å². The Hall–Kier alpha value is -2.82. The number of nitrogens with zero attached hydrogens (tertiary/aromatic N) is 6. The average Bonchev–Trinajstić information content (AvgIpc) is 3.43. The van der Waals surface area contributed by atoms with Crippen molar-refractivity contribution in [3.05, 3.63) is 41.7 Å². The quantitative estimate of drug-likeness (QED) is 0.535. The summed E-state index contributed by atoms with van der Waals surface area (Å²) in [5, 5.41) is 12.3. The zero-order valence-corrected chi connectivity index (χ0v) is 16.2. The largest absolute Gasteiger partial charge is 0.379 e. The van der Waals surface area contributed by atoms with Crippen LogP contribution < -0.4 is 5.32 Å². The Bertz CT molecular complexity index is 1080. The highest BCUT2D eigenvalue weighted by molar-refractivity contribution is 7.15. The number of aromatic nitrogens is 6. The molecule has 0 spiro atoms. The van der Waals surface area contributed by atoms with Crippen molar-refractivity contribution in [1.82, 2.24) is 34.4 Å². The molecule has 0 amide bonds. The van der Waals surface area contributed by atoms with Crippen LogP contribution in [0, 0.1) is 6.92 Å². The highest BCUT2D eigenvalue weighted by Crippen LogP contribution is 2.28. The van der Waals surface area contributed by atoms with Crippen LogP contribution in [0.15, 0.2) is 31.0 Å². The fourth-order valence-corrected chi connectivity index (χ4v) is 4.17. The Morgan fingerprint density at radius 2 is 2.11 bits per heavy atom. The van der Waals surface area contributed by atoms with Crippen molar-refractivity contribution in [2.24, 2.45) is 0 Å². The van der Waals surface area contributed by atoms with Gasteiger partial charge in [0.2, 0.25) is 0 Å². The lowest BCUT2D eigenvalue weighted by Gasteiger charge is -2.25. The maximum atomic E-state index is 5.41. The van der Waals surface area contributed by atoms with Crippen molar-refractivity contribution in [1.29, 1.82) is 0 Å². The number of ether oxygens (including phenoxy) is 1. The van der Waals surface area contributed by atoms with Crippen LogP contribution in [0.3, 0.4) is 0 Å². The van der Waals surface area contributed by atoms with Crippen molar-refractivity contribution >= 4 is 27.8 Å². The van der Waals surface area contributed by atoms with Gasteiger partial charge in [0.05, 0.1) is 49.7 Å². The number of anilines is 2. The van der Waals surface area contributed by atoms with E-state index < -0.39 is 0 Å². The first-order valence-electron chi connectivity index (χ1n) is 9.12. The summed E-state index contributed by atoms with van der Waals surface area (Å²) >= 11 is 1.64. The standard InChI is InChI=1S/C18H20N8OS/c1-12-10-26-14(13-6-21-22-7-13)8-20-18(26)17(23-12)24-15-9-19-16(28-15)11-25-2-4-27-5-3-25/h6-10H,2-5,11H2,1H3,(H,21,22)(H,23,24). The van der Waals surface area contributed by atoms with Crippen LogP contribution in [0.25, 0.3) is 16.9 Å². The van der Waals surface area contributed by atoms with E-state index in [1.165, 1.54) is 0 Å². The first-order chi connectivity index (χ1) is 13.8. The average molecular weight is 396 g/mol. The lowest BCUT2D eigenvalue weighted by Crippen LogP contribution is -2.35.